The second-order valence-electron chi connectivity index (χ2n) is 3.26. The molecule has 0 saturated carbocycles. The van der Waals surface area contributed by atoms with Crippen LogP contribution in [0, 0.1) is 0 Å². The van der Waals surface area contributed by atoms with Gasteiger partial charge in [-0.15, -0.1) is 0 Å². The zero-order valence-corrected chi connectivity index (χ0v) is 7.77. The van der Waals surface area contributed by atoms with Crippen molar-refractivity contribution in [2.24, 2.45) is 0 Å². The molecule has 0 bridgehead atoms. The Bertz CT molecular complexity index is 342. The van der Waals surface area contributed by atoms with Crippen molar-refractivity contribution in [2.45, 2.75) is 19.4 Å². The number of carbonyl (C=O) groups is 2. The van der Waals surface area contributed by atoms with E-state index in [0.717, 1.165) is 0 Å². The maximum Gasteiger partial charge on any atom is 0.328 e. The summed E-state index contributed by atoms with van der Waals surface area (Å²) in [6.07, 6.45) is 1.31. The molecule has 0 unspecified atom stereocenters. The number of carbonyl (C=O) groups excluding carboxylic acids is 1. The first-order valence-corrected chi connectivity index (χ1v) is 3.90. The lowest BCUT2D eigenvalue weighted by Gasteiger charge is -2.19. The highest BCUT2D eigenvalue weighted by atomic mass is 16.5. The maximum absolute atomic E-state index is 11.3. The fraction of sp³-hybridized carbons (Fsp3) is 0.375. The predicted octanol–water partition coefficient (Wildman–Crippen LogP) is 0.268. The minimum absolute atomic E-state index is 0.0145. The molecule has 1 aromatic heterocycles. The highest BCUT2D eigenvalue weighted by Gasteiger charge is 2.30. The number of carboxylic acids is 1. The van der Waals surface area contributed by atoms with Crippen molar-refractivity contribution < 1.29 is 19.2 Å². The number of amides is 1. The van der Waals surface area contributed by atoms with E-state index in [-0.39, 0.29) is 5.76 Å². The monoisotopic (exact) mass is 198 g/mol. The van der Waals surface area contributed by atoms with Crippen molar-refractivity contribution >= 4 is 11.9 Å². The number of rotatable bonds is 3. The number of carboxylic acid groups (broad SMARTS) is 1. The summed E-state index contributed by atoms with van der Waals surface area (Å²) in [7, 11) is 0. The first-order valence-electron chi connectivity index (χ1n) is 3.90. The van der Waals surface area contributed by atoms with E-state index in [9.17, 15) is 9.59 Å². The maximum atomic E-state index is 11.3. The molecule has 1 amide bonds. The van der Waals surface area contributed by atoms with Gasteiger partial charge in [-0.05, 0) is 13.8 Å². The lowest BCUT2D eigenvalue weighted by molar-refractivity contribution is -0.143. The third-order valence-corrected chi connectivity index (χ3v) is 1.62. The van der Waals surface area contributed by atoms with E-state index in [1.54, 1.807) is 0 Å². The molecule has 0 aliphatic heterocycles. The van der Waals surface area contributed by atoms with Gasteiger partial charge in [-0.2, -0.15) is 0 Å². The van der Waals surface area contributed by atoms with Gasteiger partial charge < -0.3 is 14.9 Å². The summed E-state index contributed by atoms with van der Waals surface area (Å²) >= 11 is 0. The molecule has 6 nitrogen and oxygen atoms in total. The summed E-state index contributed by atoms with van der Waals surface area (Å²) in [6, 6.07) is 1.35. The molecule has 0 spiro atoms. The van der Waals surface area contributed by atoms with Gasteiger partial charge in [0.2, 0.25) is 5.76 Å². The number of hydrogen-bond acceptors (Lipinski definition) is 4. The Hall–Kier alpha value is -1.85. The van der Waals surface area contributed by atoms with Gasteiger partial charge in [0.25, 0.3) is 5.91 Å². The molecule has 76 valence electrons. The number of nitrogens with one attached hydrogen (secondary N) is 1. The van der Waals surface area contributed by atoms with Crippen molar-refractivity contribution in [1.82, 2.24) is 10.5 Å². The SMILES string of the molecule is CC(C)(NC(=O)c1ccno1)C(=O)O. The molecule has 1 heterocycles. The third kappa shape index (κ3) is 2.09. The van der Waals surface area contributed by atoms with Crippen molar-refractivity contribution in [2.75, 3.05) is 0 Å². The molecule has 2 N–H and O–H groups in total. The molecule has 0 saturated heterocycles. The standard InChI is InChI=1S/C8H10N2O4/c1-8(2,7(12)13)10-6(11)5-3-4-9-14-5/h3-4H,1-2H3,(H,10,11)(H,12,13). The van der Waals surface area contributed by atoms with E-state index < -0.39 is 17.4 Å². The lowest BCUT2D eigenvalue weighted by atomic mass is 10.1. The quantitative estimate of drug-likeness (QED) is 0.727. The van der Waals surface area contributed by atoms with E-state index in [1.807, 2.05) is 0 Å². The molecule has 0 aromatic carbocycles. The highest BCUT2D eigenvalue weighted by Crippen LogP contribution is 2.05. The Morgan fingerprint density at radius 1 is 1.57 bits per heavy atom. The summed E-state index contributed by atoms with van der Waals surface area (Å²) in [5.41, 5.74) is -1.33. The van der Waals surface area contributed by atoms with Gasteiger partial charge in [0.15, 0.2) is 0 Å². The van der Waals surface area contributed by atoms with Crippen LogP contribution in [0.25, 0.3) is 0 Å². The van der Waals surface area contributed by atoms with E-state index in [4.69, 9.17) is 5.11 Å². The van der Waals surface area contributed by atoms with Crippen LogP contribution in [0.3, 0.4) is 0 Å². The van der Waals surface area contributed by atoms with E-state index >= 15 is 0 Å². The number of aromatic nitrogens is 1. The predicted molar refractivity (Wildman–Crippen MR) is 45.7 cm³/mol. The van der Waals surface area contributed by atoms with Crippen LogP contribution >= 0.6 is 0 Å². The molecule has 6 heteroatoms. The van der Waals surface area contributed by atoms with Crippen LogP contribution in [0.15, 0.2) is 16.8 Å². The molecular weight excluding hydrogens is 188 g/mol. The molecular formula is C8H10N2O4. The smallest absolute Gasteiger partial charge is 0.328 e. The third-order valence-electron chi connectivity index (χ3n) is 1.62. The van der Waals surface area contributed by atoms with E-state index in [2.05, 4.69) is 15.0 Å². The normalized spacial score (nSPS) is 11.0. The fourth-order valence-corrected chi connectivity index (χ4v) is 0.732. The minimum atomic E-state index is -1.33. The van der Waals surface area contributed by atoms with Crippen LogP contribution in [0.2, 0.25) is 0 Å². The summed E-state index contributed by atoms with van der Waals surface area (Å²) < 4.78 is 4.57. The Morgan fingerprint density at radius 3 is 2.64 bits per heavy atom. The summed E-state index contributed by atoms with van der Waals surface area (Å²) in [4.78, 5) is 22.0. The first kappa shape index (κ1) is 10.2. The van der Waals surface area contributed by atoms with Gasteiger partial charge in [0, 0.05) is 6.07 Å². The molecule has 0 atom stereocenters. The van der Waals surface area contributed by atoms with Gasteiger partial charge in [-0.25, -0.2) is 4.79 Å². The zero-order valence-electron chi connectivity index (χ0n) is 7.77. The number of nitrogens with zero attached hydrogens (tertiary/aromatic N) is 1. The second-order valence-corrected chi connectivity index (χ2v) is 3.26. The van der Waals surface area contributed by atoms with Gasteiger partial charge in [-0.3, -0.25) is 4.79 Å². The average Bonchev–Trinajstić information content (AvgIpc) is 2.54. The van der Waals surface area contributed by atoms with Crippen molar-refractivity contribution in [3.05, 3.63) is 18.0 Å². The number of aliphatic carboxylic acids is 1. The van der Waals surface area contributed by atoms with Crippen LogP contribution in [0.1, 0.15) is 24.4 Å². The Morgan fingerprint density at radius 2 is 2.21 bits per heavy atom. The average molecular weight is 198 g/mol. The fourth-order valence-electron chi connectivity index (χ4n) is 0.732. The molecule has 0 radical (unpaired) electrons. The Balaban J connectivity index is 2.71. The number of hydrogen-bond donors (Lipinski definition) is 2. The van der Waals surface area contributed by atoms with Crippen LogP contribution < -0.4 is 5.32 Å². The molecule has 14 heavy (non-hydrogen) atoms. The minimum Gasteiger partial charge on any atom is -0.480 e. The van der Waals surface area contributed by atoms with Gasteiger partial charge in [0.05, 0.1) is 6.20 Å². The largest absolute Gasteiger partial charge is 0.480 e. The summed E-state index contributed by atoms with van der Waals surface area (Å²) in [5.74, 6) is -1.74. The molecule has 1 aromatic rings. The van der Waals surface area contributed by atoms with Crippen molar-refractivity contribution in [3.8, 4) is 0 Å². The highest BCUT2D eigenvalue weighted by molar-refractivity contribution is 5.95. The summed E-state index contributed by atoms with van der Waals surface area (Å²) in [6.45, 7) is 2.76. The molecule has 0 aliphatic rings. The Kier molecular flexibility index (Phi) is 2.55. The molecule has 0 fully saturated rings. The summed E-state index contributed by atoms with van der Waals surface area (Å²) in [5, 5.41) is 14.3. The van der Waals surface area contributed by atoms with Crippen molar-refractivity contribution in [3.63, 3.8) is 0 Å². The Labute approximate surface area is 79.9 Å². The topological polar surface area (TPSA) is 92.4 Å². The van der Waals surface area contributed by atoms with E-state index in [0.29, 0.717) is 0 Å². The first-order chi connectivity index (χ1) is 6.43. The molecule has 1 rings (SSSR count). The van der Waals surface area contributed by atoms with Gasteiger partial charge >= 0.3 is 5.97 Å². The van der Waals surface area contributed by atoms with Gasteiger partial charge in [0.1, 0.15) is 5.54 Å². The zero-order chi connectivity index (χ0) is 10.8. The lowest BCUT2D eigenvalue weighted by Crippen LogP contribution is -2.49. The van der Waals surface area contributed by atoms with Gasteiger partial charge in [-0.1, -0.05) is 5.16 Å². The van der Waals surface area contributed by atoms with Crippen LogP contribution in [0.5, 0.6) is 0 Å². The molecule has 0 aliphatic carbocycles. The second kappa shape index (κ2) is 3.49. The van der Waals surface area contributed by atoms with E-state index in [1.165, 1.54) is 26.1 Å². The van der Waals surface area contributed by atoms with Crippen LogP contribution in [-0.4, -0.2) is 27.7 Å². The van der Waals surface area contributed by atoms with Crippen molar-refractivity contribution in [1.29, 1.82) is 0 Å². The van der Waals surface area contributed by atoms with Crippen LogP contribution in [-0.2, 0) is 4.79 Å². The van der Waals surface area contributed by atoms with Crippen LogP contribution in [0.4, 0.5) is 0 Å².